The molecule has 1 amide bonds. The Kier molecular flexibility index (Phi) is 2.34. The van der Waals surface area contributed by atoms with E-state index in [0.717, 1.165) is 16.8 Å². The molecule has 18 heavy (non-hydrogen) atoms. The first-order valence-corrected chi connectivity index (χ1v) is 5.81. The molecule has 0 bridgehead atoms. The maximum atomic E-state index is 11.9. The highest BCUT2D eigenvalue weighted by Gasteiger charge is 2.29. The Balaban J connectivity index is 1.99. The molecule has 0 N–H and O–H groups in total. The van der Waals surface area contributed by atoms with Crippen LogP contribution in [0.5, 0.6) is 0 Å². The molecule has 1 atom stereocenters. The second kappa shape index (κ2) is 3.88. The quantitative estimate of drug-likeness (QED) is 0.717. The lowest BCUT2D eigenvalue weighted by atomic mass is 10.1. The molecule has 1 saturated heterocycles. The summed E-state index contributed by atoms with van der Waals surface area (Å²) in [6.07, 6.45) is 5.80. The lowest BCUT2D eigenvalue weighted by molar-refractivity contribution is -0.117. The van der Waals surface area contributed by atoms with Gasteiger partial charge in [0.15, 0.2) is 11.5 Å². The van der Waals surface area contributed by atoms with Gasteiger partial charge in [0.1, 0.15) is 5.52 Å². The van der Waals surface area contributed by atoms with Gasteiger partial charge >= 0.3 is 0 Å². The number of hydrogen-bond donors (Lipinski definition) is 0. The van der Waals surface area contributed by atoms with Crippen molar-refractivity contribution in [1.82, 2.24) is 4.98 Å². The summed E-state index contributed by atoms with van der Waals surface area (Å²) >= 11 is 0. The molecular weight excluding hydrogens is 228 g/mol. The van der Waals surface area contributed by atoms with Crippen molar-refractivity contribution >= 4 is 22.7 Å². The van der Waals surface area contributed by atoms with Gasteiger partial charge in [-0.15, -0.1) is 12.3 Å². The largest absolute Gasteiger partial charge is 0.441 e. The van der Waals surface area contributed by atoms with Crippen molar-refractivity contribution in [2.24, 2.45) is 5.92 Å². The third-order valence-electron chi connectivity index (χ3n) is 3.15. The fraction of sp³-hybridized carbons (Fsp3) is 0.286. The lowest BCUT2D eigenvalue weighted by Gasteiger charge is -2.15. The molecule has 1 aliphatic rings. The highest BCUT2D eigenvalue weighted by Crippen LogP contribution is 2.27. The number of oxazole rings is 1. The Hall–Kier alpha value is -2.28. The fourth-order valence-corrected chi connectivity index (χ4v) is 2.27. The van der Waals surface area contributed by atoms with Crippen molar-refractivity contribution in [3.05, 3.63) is 24.1 Å². The summed E-state index contributed by atoms with van der Waals surface area (Å²) in [7, 11) is 0. The van der Waals surface area contributed by atoms with Gasteiger partial charge < -0.3 is 9.32 Å². The molecule has 1 aromatic carbocycles. The summed E-state index contributed by atoms with van der Waals surface area (Å²) in [5.41, 5.74) is 2.33. The minimum Gasteiger partial charge on any atom is -0.441 e. The highest BCUT2D eigenvalue weighted by atomic mass is 16.3. The molecule has 2 heterocycles. The van der Waals surface area contributed by atoms with E-state index in [2.05, 4.69) is 10.9 Å². The molecule has 1 unspecified atom stereocenters. The van der Waals surface area contributed by atoms with E-state index in [-0.39, 0.29) is 11.8 Å². The van der Waals surface area contributed by atoms with Gasteiger partial charge in [-0.3, -0.25) is 4.79 Å². The predicted molar refractivity (Wildman–Crippen MR) is 68.0 cm³/mol. The average molecular weight is 240 g/mol. The maximum absolute atomic E-state index is 11.9. The van der Waals surface area contributed by atoms with Crippen molar-refractivity contribution in [2.75, 3.05) is 11.4 Å². The van der Waals surface area contributed by atoms with Crippen LogP contribution in [0.4, 0.5) is 5.69 Å². The maximum Gasteiger partial charge on any atom is 0.228 e. The van der Waals surface area contributed by atoms with E-state index < -0.39 is 0 Å². The van der Waals surface area contributed by atoms with Gasteiger partial charge in [-0.25, -0.2) is 4.98 Å². The summed E-state index contributed by atoms with van der Waals surface area (Å²) < 4.78 is 5.41. The average Bonchev–Trinajstić information content (AvgIpc) is 2.89. The molecule has 0 radical (unpaired) electrons. The Bertz CT molecular complexity index is 666. The smallest absolute Gasteiger partial charge is 0.228 e. The normalized spacial score (nSPS) is 19.4. The number of carbonyl (C=O) groups is 1. The van der Waals surface area contributed by atoms with Gasteiger partial charge in [0.2, 0.25) is 5.91 Å². The van der Waals surface area contributed by atoms with E-state index in [1.165, 1.54) is 0 Å². The number of aryl methyl sites for hydroxylation is 1. The van der Waals surface area contributed by atoms with Gasteiger partial charge in [0.05, 0.1) is 0 Å². The van der Waals surface area contributed by atoms with Crippen LogP contribution >= 0.6 is 0 Å². The van der Waals surface area contributed by atoms with Gasteiger partial charge in [-0.05, 0) is 18.2 Å². The third kappa shape index (κ3) is 1.65. The molecule has 4 heteroatoms. The minimum atomic E-state index is 0.00671. The SMILES string of the molecule is C#CC1CC(=O)N(c2ccc3oc(C)nc3c2)C1. The molecular formula is C14H12N2O2. The van der Waals surface area contributed by atoms with Gasteiger partial charge in [0, 0.05) is 31.5 Å². The Morgan fingerprint density at radius 1 is 1.56 bits per heavy atom. The van der Waals surface area contributed by atoms with Crippen LogP contribution in [0.15, 0.2) is 22.6 Å². The van der Waals surface area contributed by atoms with Gasteiger partial charge in [-0.2, -0.15) is 0 Å². The molecule has 0 aliphatic carbocycles. The van der Waals surface area contributed by atoms with E-state index >= 15 is 0 Å². The summed E-state index contributed by atoms with van der Waals surface area (Å²) in [4.78, 5) is 17.9. The van der Waals surface area contributed by atoms with E-state index in [4.69, 9.17) is 10.8 Å². The van der Waals surface area contributed by atoms with Crippen LogP contribution in [-0.4, -0.2) is 17.4 Å². The number of hydrogen-bond acceptors (Lipinski definition) is 3. The zero-order chi connectivity index (χ0) is 12.7. The first-order valence-electron chi connectivity index (χ1n) is 5.81. The minimum absolute atomic E-state index is 0.00671. The van der Waals surface area contributed by atoms with Crippen molar-refractivity contribution < 1.29 is 9.21 Å². The van der Waals surface area contributed by atoms with Crippen LogP contribution in [0, 0.1) is 25.2 Å². The third-order valence-corrected chi connectivity index (χ3v) is 3.15. The Labute approximate surface area is 105 Å². The van der Waals surface area contributed by atoms with Crippen LogP contribution in [0.25, 0.3) is 11.1 Å². The van der Waals surface area contributed by atoms with Crippen LogP contribution in [0.3, 0.4) is 0 Å². The number of anilines is 1. The van der Waals surface area contributed by atoms with Crippen LogP contribution in [0.2, 0.25) is 0 Å². The zero-order valence-corrected chi connectivity index (χ0v) is 10.0. The topological polar surface area (TPSA) is 46.3 Å². The van der Waals surface area contributed by atoms with Crippen LogP contribution < -0.4 is 4.90 Å². The predicted octanol–water partition coefficient (Wildman–Crippen LogP) is 2.12. The molecule has 1 aromatic heterocycles. The molecule has 90 valence electrons. The van der Waals surface area contributed by atoms with E-state index in [1.807, 2.05) is 18.2 Å². The van der Waals surface area contributed by atoms with Crippen molar-refractivity contribution in [2.45, 2.75) is 13.3 Å². The van der Waals surface area contributed by atoms with Crippen molar-refractivity contribution in [1.29, 1.82) is 0 Å². The van der Waals surface area contributed by atoms with Gasteiger partial charge in [0.25, 0.3) is 0 Å². The highest BCUT2D eigenvalue weighted by molar-refractivity contribution is 5.97. The van der Waals surface area contributed by atoms with Gasteiger partial charge in [-0.1, -0.05) is 0 Å². The van der Waals surface area contributed by atoms with Crippen LogP contribution in [0.1, 0.15) is 12.3 Å². The molecule has 1 aliphatic heterocycles. The number of benzene rings is 1. The monoisotopic (exact) mass is 240 g/mol. The summed E-state index contributed by atoms with van der Waals surface area (Å²) in [6.45, 7) is 2.38. The van der Waals surface area contributed by atoms with E-state index in [9.17, 15) is 4.79 Å². The molecule has 2 aromatic rings. The number of fused-ring (bicyclic) bond motifs is 1. The van der Waals surface area contributed by atoms with Crippen molar-refractivity contribution in [3.8, 4) is 12.3 Å². The Morgan fingerprint density at radius 2 is 2.39 bits per heavy atom. The Morgan fingerprint density at radius 3 is 3.11 bits per heavy atom. The molecule has 3 rings (SSSR count). The number of carbonyl (C=O) groups excluding carboxylic acids is 1. The first-order chi connectivity index (χ1) is 8.67. The molecule has 4 nitrogen and oxygen atoms in total. The van der Waals surface area contributed by atoms with Crippen LogP contribution in [-0.2, 0) is 4.79 Å². The summed E-state index contributed by atoms with van der Waals surface area (Å²) in [5.74, 6) is 3.33. The summed E-state index contributed by atoms with van der Waals surface area (Å²) in [6, 6.07) is 5.56. The lowest BCUT2D eigenvalue weighted by Crippen LogP contribution is -2.24. The number of amides is 1. The summed E-state index contributed by atoms with van der Waals surface area (Å²) in [5, 5.41) is 0. The number of nitrogens with zero attached hydrogens (tertiary/aromatic N) is 2. The van der Waals surface area contributed by atoms with E-state index in [0.29, 0.717) is 18.9 Å². The molecule has 0 saturated carbocycles. The fourth-order valence-electron chi connectivity index (χ4n) is 2.27. The second-order valence-corrected chi connectivity index (χ2v) is 4.46. The molecule has 1 fully saturated rings. The zero-order valence-electron chi connectivity index (χ0n) is 10.0. The van der Waals surface area contributed by atoms with Crippen molar-refractivity contribution in [3.63, 3.8) is 0 Å². The first kappa shape index (κ1) is 10.8. The standard InChI is InChI=1S/C14H12N2O2/c1-3-10-6-14(17)16(8-10)11-4-5-13-12(7-11)15-9(2)18-13/h1,4-5,7,10H,6,8H2,2H3. The number of aromatic nitrogens is 1. The number of terminal acetylenes is 1. The number of rotatable bonds is 1. The van der Waals surface area contributed by atoms with E-state index in [1.54, 1.807) is 11.8 Å². The molecule has 0 spiro atoms. The second-order valence-electron chi connectivity index (χ2n) is 4.46.